The summed E-state index contributed by atoms with van der Waals surface area (Å²) in [6, 6.07) is 0.390. The molecule has 1 unspecified atom stereocenters. The number of carbonyl (C=O) groups is 1. The van der Waals surface area contributed by atoms with E-state index >= 15 is 0 Å². The van der Waals surface area contributed by atoms with Crippen molar-refractivity contribution in [1.82, 2.24) is 9.80 Å². The van der Waals surface area contributed by atoms with Gasteiger partial charge in [0.25, 0.3) is 0 Å². The highest BCUT2D eigenvalue weighted by Crippen LogP contribution is 2.32. The predicted octanol–water partition coefficient (Wildman–Crippen LogP) is 1.66. The molecule has 100 valence electrons. The van der Waals surface area contributed by atoms with Crippen molar-refractivity contribution in [3.63, 3.8) is 0 Å². The van der Waals surface area contributed by atoms with E-state index in [9.17, 15) is 9.90 Å². The average Bonchev–Trinajstić information content (AvgIpc) is 2.68. The molecule has 1 N–H and O–H groups in total. The highest BCUT2D eigenvalue weighted by atomic mass is 16.4. The van der Waals surface area contributed by atoms with E-state index in [0.717, 1.165) is 25.9 Å². The van der Waals surface area contributed by atoms with Crippen molar-refractivity contribution in [2.75, 3.05) is 27.2 Å². The van der Waals surface area contributed by atoms with E-state index in [-0.39, 0.29) is 0 Å². The Balaban J connectivity index is 2.89. The minimum Gasteiger partial charge on any atom is -0.480 e. The Morgan fingerprint density at radius 2 is 2.00 bits per heavy atom. The lowest BCUT2D eigenvalue weighted by Crippen LogP contribution is -2.57. The SMILES string of the molecule is CCC(CC)(C(=O)O)N1CCCC1CN(C)C. The fourth-order valence-electron chi connectivity index (χ4n) is 3.09. The molecule has 4 nitrogen and oxygen atoms in total. The maximum atomic E-state index is 11.6. The van der Waals surface area contributed by atoms with Gasteiger partial charge in [0.1, 0.15) is 5.54 Å². The summed E-state index contributed by atoms with van der Waals surface area (Å²) < 4.78 is 0. The Labute approximate surface area is 105 Å². The van der Waals surface area contributed by atoms with Crippen LogP contribution in [0.5, 0.6) is 0 Å². The zero-order valence-electron chi connectivity index (χ0n) is 11.6. The number of hydrogen-bond acceptors (Lipinski definition) is 3. The molecular formula is C13H26N2O2. The first-order valence-corrected chi connectivity index (χ1v) is 6.62. The minimum atomic E-state index is -0.659. The van der Waals surface area contributed by atoms with Crippen molar-refractivity contribution < 1.29 is 9.90 Å². The largest absolute Gasteiger partial charge is 0.480 e. The first-order chi connectivity index (χ1) is 7.97. The molecule has 0 radical (unpaired) electrons. The van der Waals surface area contributed by atoms with Gasteiger partial charge in [0.15, 0.2) is 0 Å². The van der Waals surface area contributed by atoms with Crippen LogP contribution in [0.2, 0.25) is 0 Å². The molecule has 0 bridgehead atoms. The van der Waals surface area contributed by atoms with E-state index in [4.69, 9.17) is 0 Å². The zero-order valence-corrected chi connectivity index (χ0v) is 11.6. The predicted molar refractivity (Wildman–Crippen MR) is 69.2 cm³/mol. The first kappa shape index (κ1) is 14.5. The van der Waals surface area contributed by atoms with Crippen molar-refractivity contribution in [2.45, 2.75) is 51.1 Å². The van der Waals surface area contributed by atoms with Crippen molar-refractivity contribution in [3.8, 4) is 0 Å². The summed E-state index contributed by atoms with van der Waals surface area (Å²) in [6.07, 6.45) is 3.60. The van der Waals surface area contributed by atoms with E-state index in [1.165, 1.54) is 0 Å². The Bertz CT molecular complexity index is 262. The smallest absolute Gasteiger partial charge is 0.324 e. The summed E-state index contributed by atoms with van der Waals surface area (Å²) in [6.45, 7) is 5.85. The van der Waals surface area contributed by atoms with Gasteiger partial charge in [0, 0.05) is 12.6 Å². The van der Waals surface area contributed by atoms with Crippen LogP contribution >= 0.6 is 0 Å². The van der Waals surface area contributed by atoms with Crippen LogP contribution < -0.4 is 0 Å². The molecule has 0 spiro atoms. The molecule has 1 aliphatic heterocycles. The van der Waals surface area contributed by atoms with Crippen LogP contribution in [-0.2, 0) is 4.79 Å². The molecule has 1 fully saturated rings. The highest BCUT2D eigenvalue weighted by molar-refractivity contribution is 5.78. The molecule has 4 heteroatoms. The lowest BCUT2D eigenvalue weighted by Gasteiger charge is -2.41. The number of hydrogen-bond donors (Lipinski definition) is 1. The van der Waals surface area contributed by atoms with Gasteiger partial charge in [0.05, 0.1) is 0 Å². The van der Waals surface area contributed by atoms with Crippen molar-refractivity contribution >= 4 is 5.97 Å². The Morgan fingerprint density at radius 3 is 2.41 bits per heavy atom. The summed E-state index contributed by atoms with van der Waals surface area (Å²) in [5, 5.41) is 9.58. The molecule has 1 aliphatic rings. The lowest BCUT2D eigenvalue weighted by molar-refractivity contribution is -0.153. The van der Waals surface area contributed by atoms with Crippen LogP contribution in [0.25, 0.3) is 0 Å². The van der Waals surface area contributed by atoms with Gasteiger partial charge in [-0.2, -0.15) is 0 Å². The number of aliphatic carboxylic acids is 1. The maximum absolute atomic E-state index is 11.6. The van der Waals surface area contributed by atoms with Gasteiger partial charge < -0.3 is 10.0 Å². The number of carboxylic acids is 1. The molecule has 0 aromatic carbocycles. The first-order valence-electron chi connectivity index (χ1n) is 6.62. The van der Waals surface area contributed by atoms with Gasteiger partial charge in [0.2, 0.25) is 0 Å². The van der Waals surface area contributed by atoms with E-state index in [1.807, 2.05) is 13.8 Å². The molecule has 1 saturated heterocycles. The highest BCUT2D eigenvalue weighted by Gasteiger charge is 2.45. The summed E-state index contributed by atoms with van der Waals surface area (Å²) in [4.78, 5) is 16.0. The molecule has 1 heterocycles. The monoisotopic (exact) mass is 242 g/mol. The second-order valence-electron chi connectivity index (χ2n) is 5.30. The van der Waals surface area contributed by atoms with Gasteiger partial charge in [-0.1, -0.05) is 13.8 Å². The number of likely N-dealkylation sites (N-methyl/N-ethyl adjacent to an activating group) is 1. The van der Waals surface area contributed by atoms with Gasteiger partial charge in [-0.05, 0) is 46.3 Å². The fourth-order valence-corrected chi connectivity index (χ4v) is 3.09. The number of carboxylic acid groups (broad SMARTS) is 1. The fraction of sp³-hybridized carbons (Fsp3) is 0.923. The van der Waals surface area contributed by atoms with E-state index in [0.29, 0.717) is 18.9 Å². The molecule has 0 aromatic rings. The van der Waals surface area contributed by atoms with Gasteiger partial charge in [-0.3, -0.25) is 9.69 Å². The quantitative estimate of drug-likeness (QED) is 0.769. The number of nitrogens with zero attached hydrogens (tertiary/aromatic N) is 2. The van der Waals surface area contributed by atoms with Crippen molar-refractivity contribution in [2.24, 2.45) is 0 Å². The Kier molecular flexibility index (Phi) is 4.95. The molecule has 0 saturated carbocycles. The summed E-state index contributed by atoms with van der Waals surface area (Å²) in [7, 11) is 4.10. The van der Waals surface area contributed by atoms with E-state index < -0.39 is 11.5 Å². The second-order valence-corrected chi connectivity index (χ2v) is 5.30. The normalized spacial score (nSPS) is 22.3. The molecule has 0 amide bonds. The van der Waals surface area contributed by atoms with Gasteiger partial charge in [-0.25, -0.2) is 0 Å². The maximum Gasteiger partial charge on any atom is 0.324 e. The standard InChI is InChI=1S/C13H26N2O2/c1-5-13(6-2,12(16)17)15-9-7-8-11(15)10-14(3)4/h11H,5-10H2,1-4H3,(H,16,17). The van der Waals surface area contributed by atoms with Crippen LogP contribution in [0.4, 0.5) is 0 Å². The third kappa shape index (κ3) is 2.80. The summed E-state index contributed by atoms with van der Waals surface area (Å²) in [5.41, 5.74) is -0.656. The van der Waals surface area contributed by atoms with Crippen molar-refractivity contribution in [1.29, 1.82) is 0 Å². The topological polar surface area (TPSA) is 43.8 Å². The molecule has 1 rings (SSSR count). The van der Waals surface area contributed by atoms with Gasteiger partial charge >= 0.3 is 5.97 Å². The van der Waals surface area contributed by atoms with Gasteiger partial charge in [-0.15, -0.1) is 0 Å². The number of likely N-dealkylation sites (tertiary alicyclic amines) is 1. The summed E-state index contributed by atoms with van der Waals surface area (Å²) in [5.74, 6) is -0.659. The zero-order chi connectivity index (χ0) is 13.1. The molecule has 1 atom stereocenters. The minimum absolute atomic E-state index is 0.390. The lowest BCUT2D eigenvalue weighted by atomic mass is 9.89. The molecule has 17 heavy (non-hydrogen) atoms. The Morgan fingerprint density at radius 1 is 1.41 bits per heavy atom. The van der Waals surface area contributed by atoms with Crippen molar-refractivity contribution in [3.05, 3.63) is 0 Å². The van der Waals surface area contributed by atoms with E-state index in [2.05, 4.69) is 23.9 Å². The van der Waals surface area contributed by atoms with E-state index in [1.54, 1.807) is 0 Å². The molecule has 0 aromatic heterocycles. The summed E-state index contributed by atoms with van der Waals surface area (Å²) >= 11 is 0. The molecular weight excluding hydrogens is 216 g/mol. The third-order valence-corrected chi connectivity index (χ3v) is 4.07. The van der Waals surface area contributed by atoms with Crippen LogP contribution in [0.3, 0.4) is 0 Å². The third-order valence-electron chi connectivity index (χ3n) is 4.07. The Hall–Kier alpha value is -0.610. The van der Waals surface area contributed by atoms with Crippen LogP contribution in [0.15, 0.2) is 0 Å². The van der Waals surface area contributed by atoms with Crippen LogP contribution in [0.1, 0.15) is 39.5 Å². The molecule has 0 aliphatic carbocycles. The number of rotatable bonds is 6. The van der Waals surface area contributed by atoms with Crippen LogP contribution in [-0.4, -0.2) is 59.6 Å². The second kappa shape index (κ2) is 5.83. The van der Waals surface area contributed by atoms with Crippen LogP contribution in [0, 0.1) is 0 Å². The average molecular weight is 242 g/mol.